The lowest BCUT2D eigenvalue weighted by Crippen LogP contribution is -2.59. The quantitative estimate of drug-likeness (QED) is 0.233. The molecule has 1 aromatic heterocycles. The largest absolute Gasteiger partial charge is 0.598 e. The molecule has 2 unspecified atom stereocenters. The number of halogens is 2. The van der Waals surface area contributed by atoms with Crippen molar-refractivity contribution in [2.75, 3.05) is 6.26 Å². The summed E-state index contributed by atoms with van der Waals surface area (Å²) in [7, 11) is 0. The number of carbonyl (C=O) groups is 2. The molecule has 42 heavy (non-hydrogen) atoms. The average molecular weight is 632 g/mol. The fourth-order valence-electron chi connectivity index (χ4n) is 5.94. The molecule has 9 nitrogen and oxygen atoms in total. The lowest BCUT2D eigenvalue weighted by Gasteiger charge is -2.48. The van der Waals surface area contributed by atoms with Crippen LogP contribution < -0.4 is 10.2 Å². The second-order valence-electron chi connectivity index (χ2n) is 10.5. The van der Waals surface area contributed by atoms with Crippen molar-refractivity contribution in [2.45, 2.75) is 62.9 Å². The Kier molecular flexibility index (Phi) is 10.1. The second-order valence-corrected chi connectivity index (χ2v) is 12.5. The maximum Gasteiger partial charge on any atom is 0.255 e. The zero-order valence-electron chi connectivity index (χ0n) is 23.0. The van der Waals surface area contributed by atoms with Gasteiger partial charge in [0.15, 0.2) is 0 Å². The van der Waals surface area contributed by atoms with E-state index in [2.05, 4.69) is 15.2 Å². The first-order valence-electron chi connectivity index (χ1n) is 13.7. The lowest BCUT2D eigenvalue weighted by atomic mass is 9.76. The van der Waals surface area contributed by atoms with Crippen molar-refractivity contribution in [3.63, 3.8) is 0 Å². The van der Waals surface area contributed by atoms with Gasteiger partial charge in [-0.15, -0.1) is 4.72 Å². The molecule has 0 saturated heterocycles. The normalized spacial score (nSPS) is 22.9. The molecule has 0 spiro atoms. The first-order chi connectivity index (χ1) is 20.3. The number of hydroxylamine groups is 1. The first kappa shape index (κ1) is 30.7. The molecule has 2 aliphatic rings. The number of hydrogen-bond donors (Lipinski definition) is 3. The van der Waals surface area contributed by atoms with Crippen LogP contribution in [0.5, 0.6) is 0 Å². The molecular weight excluding hydrogens is 599 g/mol. The number of aliphatic hydroxyl groups excluding tert-OH is 1. The van der Waals surface area contributed by atoms with Crippen LogP contribution in [-0.4, -0.2) is 49.7 Å². The van der Waals surface area contributed by atoms with E-state index in [9.17, 15) is 19.2 Å². The highest BCUT2D eigenvalue weighted by molar-refractivity contribution is 7.88. The number of nitrogens with one attached hydrogen (secondary N) is 2. The van der Waals surface area contributed by atoms with Crippen LogP contribution in [0.3, 0.4) is 0 Å². The molecule has 1 saturated carbocycles. The van der Waals surface area contributed by atoms with Gasteiger partial charge in [0.25, 0.3) is 11.8 Å². The van der Waals surface area contributed by atoms with Crippen LogP contribution >= 0.6 is 23.2 Å². The van der Waals surface area contributed by atoms with Crippen LogP contribution in [0.1, 0.15) is 70.4 Å². The minimum absolute atomic E-state index is 0.00222. The number of rotatable bonds is 9. The molecule has 222 valence electrons. The summed E-state index contributed by atoms with van der Waals surface area (Å²) < 4.78 is 15.4. The average Bonchev–Trinajstić information content (AvgIpc) is 2.98. The smallest absolute Gasteiger partial charge is 0.255 e. The van der Waals surface area contributed by atoms with Gasteiger partial charge in [0, 0.05) is 33.2 Å². The van der Waals surface area contributed by atoms with E-state index in [0.29, 0.717) is 44.4 Å². The SMILES string of the molecule is C[S+]([O-])N[C@H]1CCCCC1N1C(=O)c2ccccc2[C@@H](C(=O)NOCc2ccc(CO)cn2)[C@@H]1c1ccc(Cl)cc1Cl. The zero-order chi connectivity index (χ0) is 29.8. The van der Waals surface area contributed by atoms with E-state index < -0.39 is 29.2 Å². The fourth-order valence-corrected chi connectivity index (χ4v) is 7.17. The monoisotopic (exact) mass is 630 g/mol. The van der Waals surface area contributed by atoms with E-state index in [1.165, 1.54) is 6.20 Å². The van der Waals surface area contributed by atoms with Gasteiger partial charge in [0.2, 0.25) is 0 Å². The number of fused-ring (bicyclic) bond motifs is 1. The Hall–Kier alpha value is -2.70. The van der Waals surface area contributed by atoms with Gasteiger partial charge in [-0.2, -0.15) is 0 Å². The van der Waals surface area contributed by atoms with Crippen LogP contribution in [0.2, 0.25) is 10.0 Å². The first-order valence-corrected chi connectivity index (χ1v) is 16.0. The number of hydrogen-bond acceptors (Lipinski definition) is 7. The Morgan fingerprint density at radius 3 is 2.64 bits per heavy atom. The number of pyridine rings is 1. The summed E-state index contributed by atoms with van der Waals surface area (Å²) in [5.41, 5.74) is 5.36. The maximum atomic E-state index is 14.3. The minimum Gasteiger partial charge on any atom is -0.598 e. The van der Waals surface area contributed by atoms with Crippen molar-refractivity contribution >= 4 is 46.4 Å². The number of aromatic nitrogens is 1. The summed E-state index contributed by atoms with van der Waals surface area (Å²) in [4.78, 5) is 39.9. The molecule has 3 N–H and O–H groups in total. The van der Waals surface area contributed by atoms with Crippen molar-refractivity contribution < 1.29 is 24.1 Å². The van der Waals surface area contributed by atoms with Crippen molar-refractivity contribution in [1.82, 2.24) is 20.1 Å². The summed E-state index contributed by atoms with van der Waals surface area (Å²) in [5.74, 6) is -1.56. The molecule has 1 aliphatic heterocycles. The van der Waals surface area contributed by atoms with Crippen LogP contribution in [-0.2, 0) is 34.2 Å². The Bertz CT molecular complexity index is 1430. The van der Waals surface area contributed by atoms with Crippen molar-refractivity contribution in [3.8, 4) is 0 Å². The van der Waals surface area contributed by atoms with Gasteiger partial charge in [0.1, 0.15) is 12.9 Å². The Labute approximate surface area is 257 Å². The molecule has 5 atom stereocenters. The Balaban J connectivity index is 1.55. The summed E-state index contributed by atoms with van der Waals surface area (Å²) in [6.45, 7) is -0.126. The van der Waals surface area contributed by atoms with Crippen LogP contribution in [0, 0.1) is 0 Å². The van der Waals surface area contributed by atoms with E-state index >= 15 is 0 Å². The minimum atomic E-state index is -1.30. The van der Waals surface area contributed by atoms with E-state index in [1.807, 2.05) is 0 Å². The van der Waals surface area contributed by atoms with E-state index in [1.54, 1.807) is 65.8 Å². The molecule has 1 aliphatic carbocycles. The van der Waals surface area contributed by atoms with Gasteiger partial charge < -0.3 is 14.6 Å². The second kappa shape index (κ2) is 13.7. The number of nitrogens with zero attached hydrogens (tertiary/aromatic N) is 2. The third-order valence-corrected chi connectivity index (χ3v) is 9.00. The highest BCUT2D eigenvalue weighted by atomic mass is 35.5. The van der Waals surface area contributed by atoms with Crippen molar-refractivity contribution in [1.29, 1.82) is 0 Å². The number of benzene rings is 2. The molecular formula is C30H32Cl2N4O5S. The summed E-state index contributed by atoms with van der Waals surface area (Å²) in [5, 5.41) is 10.0. The highest BCUT2D eigenvalue weighted by Gasteiger charge is 2.49. The van der Waals surface area contributed by atoms with Gasteiger partial charge in [-0.3, -0.25) is 19.4 Å². The summed E-state index contributed by atoms with van der Waals surface area (Å²) in [6, 6.07) is 14.2. The molecule has 0 bridgehead atoms. The predicted molar refractivity (Wildman–Crippen MR) is 161 cm³/mol. The van der Waals surface area contributed by atoms with Gasteiger partial charge in [-0.25, -0.2) is 5.48 Å². The van der Waals surface area contributed by atoms with Gasteiger partial charge in [0.05, 0.1) is 36.3 Å². The fraction of sp³-hybridized carbons (Fsp3) is 0.367. The van der Waals surface area contributed by atoms with Gasteiger partial charge in [-0.1, -0.05) is 66.4 Å². The Morgan fingerprint density at radius 2 is 1.93 bits per heavy atom. The van der Waals surface area contributed by atoms with Crippen LogP contribution in [0.25, 0.3) is 0 Å². The Morgan fingerprint density at radius 1 is 1.14 bits per heavy atom. The molecule has 1 fully saturated rings. The van der Waals surface area contributed by atoms with E-state index in [0.717, 1.165) is 19.3 Å². The van der Waals surface area contributed by atoms with Crippen molar-refractivity contribution in [3.05, 3.63) is 98.8 Å². The number of aliphatic hydroxyl groups is 1. The third-order valence-electron chi connectivity index (χ3n) is 7.81. The highest BCUT2D eigenvalue weighted by Crippen LogP contribution is 2.47. The molecule has 12 heteroatoms. The van der Waals surface area contributed by atoms with Crippen LogP contribution in [0.15, 0.2) is 60.8 Å². The standard InChI is InChI=1S/C30H32Cl2N4O5S/c1-42(40)35-25-8-4-5-9-26(25)36-28(23-13-11-19(31)14-24(23)32)27(21-6-2-3-7-22(21)30(36)39)29(38)34-41-17-20-12-10-18(16-37)15-33-20/h2-3,6-7,10-15,25-28,35,37H,4-5,8-9,16-17H2,1H3,(H,34,38)/t25-,26?,27+,28-,42?/m0/s1. The molecule has 2 aromatic carbocycles. The van der Waals surface area contributed by atoms with Crippen LogP contribution in [0.4, 0.5) is 0 Å². The van der Waals surface area contributed by atoms with Gasteiger partial charge >= 0.3 is 0 Å². The maximum absolute atomic E-state index is 14.3. The topological polar surface area (TPSA) is 127 Å². The zero-order valence-corrected chi connectivity index (χ0v) is 25.3. The summed E-state index contributed by atoms with van der Waals surface area (Å²) >= 11 is 11.7. The third kappa shape index (κ3) is 6.60. The predicted octanol–water partition coefficient (Wildman–Crippen LogP) is 4.60. The van der Waals surface area contributed by atoms with E-state index in [4.69, 9.17) is 28.0 Å². The summed E-state index contributed by atoms with van der Waals surface area (Å²) in [6.07, 6.45) is 6.34. The van der Waals surface area contributed by atoms with E-state index in [-0.39, 0.29) is 31.2 Å². The van der Waals surface area contributed by atoms with Gasteiger partial charge in [-0.05, 0) is 53.8 Å². The van der Waals surface area contributed by atoms with Crippen molar-refractivity contribution in [2.24, 2.45) is 0 Å². The molecule has 3 aromatic rings. The number of amides is 2. The molecule has 2 amide bonds. The molecule has 5 rings (SSSR count). The lowest BCUT2D eigenvalue weighted by molar-refractivity contribution is -0.138. The molecule has 2 heterocycles. The number of carbonyl (C=O) groups excluding carboxylic acids is 2. The molecule has 0 radical (unpaired) electrons.